The zero-order valence-corrected chi connectivity index (χ0v) is 14.8. The van der Waals surface area contributed by atoms with Crippen molar-refractivity contribution in [3.63, 3.8) is 0 Å². The Morgan fingerprint density at radius 1 is 1.04 bits per heavy atom. The molecule has 3 aromatic rings. The lowest BCUT2D eigenvalue weighted by Crippen LogP contribution is -2.25. The minimum Gasteiger partial charge on any atom is -0.486 e. The number of rotatable bonds is 7. The zero-order chi connectivity index (χ0) is 18.2. The first-order valence-electron chi connectivity index (χ1n) is 8.71. The van der Waals surface area contributed by atoms with Gasteiger partial charge in [0.25, 0.3) is 5.91 Å². The monoisotopic (exact) mass is 346 g/mol. The van der Waals surface area contributed by atoms with Crippen molar-refractivity contribution in [1.29, 1.82) is 0 Å². The molecule has 0 spiro atoms. The molecule has 1 N–H and O–H groups in total. The maximum absolute atomic E-state index is 12.2. The zero-order valence-electron chi connectivity index (χ0n) is 14.8. The molecule has 0 saturated heterocycles. The molecule has 0 aliphatic rings. The maximum atomic E-state index is 12.2. The highest BCUT2D eigenvalue weighted by atomic mass is 16.5. The number of carbonyl (C=O) groups excluding carboxylic acids is 1. The van der Waals surface area contributed by atoms with E-state index in [1.54, 1.807) is 18.3 Å². The van der Waals surface area contributed by atoms with Crippen LogP contribution in [0.3, 0.4) is 0 Å². The van der Waals surface area contributed by atoms with Crippen LogP contribution in [-0.2, 0) is 6.42 Å². The molecule has 26 heavy (non-hydrogen) atoms. The van der Waals surface area contributed by atoms with E-state index in [0.29, 0.717) is 12.1 Å². The van der Waals surface area contributed by atoms with Crippen molar-refractivity contribution >= 4 is 5.91 Å². The van der Waals surface area contributed by atoms with Crippen molar-refractivity contribution in [2.75, 3.05) is 6.54 Å². The van der Waals surface area contributed by atoms with Gasteiger partial charge in [0.2, 0.25) is 0 Å². The molecule has 0 unspecified atom stereocenters. The summed E-state index contributed by atoms with van der Waals surface area (Å²) < 4.78 is 5.94. The fraction of sp³-hybridized carbons (Fsp3) is 0.182. The molecule has 0 bridgehead atoms. The molecule has 1 aromatic heterocycles. The van der Waals surface area contributed by atoms with Crippen molar-refractivity contribution in [3.8, 4) is 5.75 Å². The summed E-state index contributed by atoms with van der Waals surface area (Å²) in [4.78, 5) is 16.3. The lowest BCUT2D eigenvalue weighted by molar-refractivity contribution is 0.0954. The molecule has 4 nitrogen and oxygen atoms in total. The average molecular weight is 346 g/mol. The second kappa shape index (κ2) is 8.81. The standard InChI is InChI=1S/C22H22N2O2/c1-17(19-7-3-2-4-8-19)26-21-11-9-20(10-12-21)22(25)24-15-13-18-6-5-14-23-16-18/h2-12,14,16-17H,13,15H2,1H3,(H,24,25)/t17-/m0/s1. The Labute approximate surface area is 153 Å². The number of benzene rings is 2. The van der Waals surface area contributed by atoms with Crippen LogP contribution in [0.1, 0.15) is 34.5 Å². The molecular weight excluding hydrogens is 324 g/mol. The smallest absolute Gasteiger partial charge is 0.251 e. The van der Waals surface area contributed by atoms with Crippen molar-refractivity contribution < 1.29 is 9.53 Å². The van der Waals surface area contributed by atoms with Crippen LogP contribution in [0.4, 0.5) is 0 Å². The van der Waals surface area contributed by atoms with Gasteiger partial charge in [0.15, 0.2) is 0 Å². The second-order valence-electron chi connectivity index (χ2n) is 6.06. The molecule has 0 aliphatic carbocycles. The molecular formula is C22H22N2O2. The Morgan fingerprint density at radius 3 is 2.50 bits per heavy atom. The number of pyridine rings is 1. The first-order chi connectivity index (χ1) is 12.7. The minimum absolute atomic E-state index is 0.0460. The Hall–Kier alpha value is -3.14. The van der Waals surface area contributed by atoms with Crippen LogP contribution < -0.4 is 10.1 Å². The molecule has 2 aromatic carbocycles. The van der Waals surface area contributed by atoms with Gasteiger partial charge in [-0.2, -0.15) is 0 Å². The Kier molecular flexibility index (Phi) is 5.99. The van der Waals surface area contributed by atoms with E-state index in [4.69, 9.17) is 4.74 Å². The molecule has 4 heteroatoms. The van der Waals surface area contributed by atoms with Gasteiger partial charge in [-0.05, 0) is 54.8 Å². The minimum atomic E-state index is -0.0865. The lowest BCUT2D eigenvalue weighted by atomic mass is 10.1. The summed E-state index contributed by atoms with van der Waals surface area (Å²) in [5, 5.41) is 2.93. The third kappa shape index (κ3) is 4.93. The Bertz CT molecular complexity index is 818. The van der Waals surface area contributed by atoms with Crippen molar-refractivity contribution in [3.05, 3.63) is 95.8 Å². The summed E-state index contributed by atoms with van der Waals surface area (Å²) in [7, 11) is 0. The van der Waals surface area contributed by atoms with Crippen molar-refractivity contribution in [2.24, 2.45) is 0 Å². The Balaban J connectivity index is 1.51. The molecule has 0 aliphatic heterocycles. The predicted octanol–water partition coefficient (Wildman–Crippen LogP) is 4.19. The van der Waals surface area contributed by atoms with Gasteiger partial charge in [0.1, 0.15) is 11.9 Å². The fourth-order valence-corrected chi connectivity index (χ4v) is 2.65. The van der Waals surface area contributed by atoms with E-state index in [0.717, 1.165) is 23.3 Å². The number of aromatic nitrogens is 1. The molecule has 132 valence electrons. The first kappa shape index (κ1) is 17.7. The maximum Gasteiger partial charge on any atom is 0.251 e. The van der Waals surface area contributed by atoms with Crippen LogP contribution in [0.2, 0.25) is 0 Å². The van der Waals surface area contributed by atoms with E-state index in [-0.39, 0.29) is 12.0 Å². The van der Waals surface area contributed by atoms with Crippen LogP contribution in [0, 0.1) is 0 Å². The Morgan fingerprint density at radius 2 is 1.81 bits per heavy atom. The van der Waals surface area contributed by atoms with Gasteiger partial charge >= 0.3 is 0 Å². The van der Waals surface area contributed by atoms with Gasteiger partial charge in [0, 0.05) is 24.5 Å². The van der Waals surface area contributed by atoms with Crippen LogP contribution in [-0.4, -0.2) is 17.4 Å². The number of hydrogen-bond acceptors (Lipinski definition) is 3. The van der Waals surface area contributed by atoms with Gasteiger partial charge in [-0.3, -0.25) is 9.78 Å². The SMILES string of the molecule is C[C@H](Oc1ccc(C(=O)NCCc2cccnc2)cc1)c1ccccc1. The summed E-state index contributed by atoms with van der Waals surface area (Å²) in [5.74, 6) is 0.657. The lowest BCUT2D eigenvalue weighted by Gasteiger charge is -2.15. The largest absolute Gasteiger partial charge is 0.486 e. The molecule has 3 rings (SSSR count). The molecule has 0 saturated carbocycles. The summed E-state index contributed by atoms with van der Waals surface area (Å²) >= 11 is 0. The third-order valence-corrected chi connectivity index (χ3v) is 4.12. The van der Waals surface area contributed by atoms with Crippen LogP contribution in [0.5, 0.6) is 5.75 Å². The summed E-state index contributed by atoms with van der Waals surface area (Å²) in [6.45, 7) is 2.59. The quantitative estimate of drug-likeness (QED) is 0.698. The topological polar surface area (TPSA) is 51.2 Å². The number of carbonyl (C=O) groups is 1. The number of nitrogens with one attached hydrogen (secondary N) is 1. The van der Waals surface area contributed by atoms with Crippen LogP contribution >= 0.6 is 0 Å². The van der Waals surface area contributed by atoms with Crippen LogP contribution in [0.15, 0.2) is 79.1 Å². The first-order valence-corrected chi connectivity index (χ1v) is 8.71. The second-order valence-corrected chi connectivity index (χ2v) is 6.06. The van der Waals surface area contributed by atoms with Gasteiger partial charge in [-0.15, -0.1) is 0 Å². The van der Waals surface area contributed by atoms with Gasteiger partial charge in [-0.25, -0.2) is 0 Å². The van der Waals surface area contributed by atoms with E-state index < -0.39 is 0 Å². The summed E-state index contributed by atoms with van der Waals surface area (Å²) in [6.07, 6.45) is 4.27. The number of nitrogens with zero attached hydrogens (tertiary/aromatic N) is 1. The molecule has 0 radical (unpaired) electrons. The number of hydrogen-bond donors (Lipinski definition) is 1. The number of amides is 1. The van der Waals surface area contributed by atoms with E-state index in [2.05, 4.69) is 10.3 Å². The van der Waals surface area contributed by atoms with Crippen molar-refractivity contribution in [1.82, 2.24) is 10.3 Å². The highest BCUT2D eigenvalue weighted by Crippen LogP contribution is 2.21. The van der Waals surface area contributed by atoms with E-state index in [9.17, 15) is 4.79 Å². The highest BCUT2D eigenvalue weighted by Gasteiger charge is 2.08. The fourth-order valence-electron chi connectivity index (χ4n) is 2.65. The van der Waals surface area contributed by atoms with E-state index >= 15 is 0 Å². The van der Waals surface area contributed by atoms with Gasteiger partial charge in [-0.1, -0.05) is 36.4 Å². The van der Waals surface area contributed by atoms with Gasteiger partial charge in [0.05, 0.1) is 0 Å². The summed E-state index contributed by atoms with van der Waals surface area (Å²) in [6, 6.07) is 21.2. The number of ether oxygens (including phenoxy) is 1. The van der Waals surface area contributed by atoms with Crippen molar-refractivity contribution in [2.45, 2.75) is 19.4 Å². The normalized spacial score (nSPS) is 11.6. The third-order valence-electron chi connectivity index (χ3n) is 4.12. The molecule has 1 amide bonds. The highest BCUT2D eigenvalue weighted by molar-refractivity contribution is 5.94. The predicted molar refractivity (Wildman–Crippen MR) is 102 cm³/mol. The molecule has 0 fully saturated rings. The summed E-state index contributed by atoms with van der Waals surface area (Å²) in [5.41, 5.74) is 2.84. The molecule has 1 atom stereocenters. The molecule has 1 heterocycles. The van der Waals surface area contributed by atoms with Crippen LogP contribution in [0.25, 0.3) is 0 Å². The van der Waals surface area contributed by atoms with E-state index in [1.165, 1.54) is 0 Å². The average Bonchev–Trinajstić information content (AvgIpc) is 2.70. The van der Waals surface area contributed by atoms with E-state index in [1.807, 2.05) is 67.7 Å². The van der Waals surface area contributed by atoms with Gasteiger partial charge < -0.3 is 10.1 Å².